The molecule has 1 atom stereocenters. The maximum absolute atomic E-state index is 5.67. The van der Waals surface area contributed by atoms with Crippen molar-refractivity contribution in [3.05, 3.63) is 23.8 Å². The van der Waals surface area contributed by atoms with E-state index < -0.39 is 0 Å². The molecule has 0 saturated carbocycles. The van der Waals surface area contributed by atoms with Crippen LogP contribution in [0.2, 0.25) is 0 Å². The zero-order valence-corrected chi connectivity index (χ0v) is 11.3. The molecule has 1 fully saturated rings. The lowest BCUT2D eigenvalue weighted by Crippen LogP contribution is -2.35. The van der Waals surface area contributed by atoms with E-state index in [9.17, 15) is 0 Å². The number of hydrogen-bond donors (Lipinski definition) is 1. The molecule has 4 nitrogen and oxygen atoms in total. The first-order chi connectivity index (χ1) is 9.35. The van der Waals surface area contributed by atoms with Gasteiger partial charge in [0.2, 0.25) is 6.79 Å². The summed E-state index contributed by atoms with van der Waals surface area (Å²) < 4.78 is 10.8. The van der Waals surface area contributed by atoms with Gasteiger partial charge in [-0.1, -0.05) is 6.07 Å². The van der Waals surface area contributed by atoms with Crippen LogP contribution >= 0.6 is 0 Å². The number of benzene rings is 1. The largest absolute Gasteiger partial charge is 0.454 e. The van der Waals surface area contributed by atoms with Crippen molar-refractivity contribution in [2.75, 3.05) is 26.4 Å². The zero-order chi connectivity index (χ0) is 13.1. The van der Waals surface area contributed by atoms with Crippen molar-refractivity contribution in [2.45, 2.75) is 25.8 Å². The van der Waals surface area contributed by atoms with Crippen LogP contribution < -0.4 is 15.2 Å². The Morgan fingerprint density at radius 2 is 2.16 bits per heavy atom. The summed E-state index contributed by atoms with van der Waals surface area (Å²) in [7, 11) is 0. The van der Waals surface area contributed by atoms with Crippen LogP contribution in [0, 0.1) is 5.92 Å². The number of nitrogens with two attached hydrogens (primary N) is 1. The summed E-state index contributed by atoms with van der Waals surface area (Å²) >= 11 is 0. The first-order valence-corrected chi connectivity index (χ1v) is 7.16. The Morgan fingerprint density at radius 3 is 3.05 bits per heavy atom. The van der Waals surface area contributed by atoms with Gasteiger partial charge in [-0.15, -0.1) is 0 Å². The van der Waals surface area contributed by atoms with Crippen molar-refractivity contribution in [3.8, 4) is 11.5 Å². The van der Waals surface area contributed by atoms with E-state index in [-0.39, 0.29) is 0 Å². The van der Waals surface area contributed by atoms with Crippen LogP contribution in [0.5, 0.6) is 11.5 Å². The molecule has 0 aliphatic carbocycles. The van der Waals surface area contributed by atoms with Gasteiger partial charge >= 0.3 is 0 Å². The molecule has 2 aliphatic rings. The highest BCUT2D eigenvalue weighted by molar-refractivity contribution is 5.44. The van der Waals surface area contributed by atoms with Crippen molar-refractivity contribution in [2.24, 2.45) is 11.7 Å². The summed E-state index contributed by atoms with van der Waals surface area (Å²) in [5, 5.41) is 0. The molecule has 0 amide bonds. The van der Waals surface area contributed by atoms with Crippen molar-refractivity contribution < 1.29 is 9.47 Å². The van der Waals surface area contributed by atoms with Gasteiger partial charge in [0.25, 0.3) is 0 Å². The highest BCUT2D eigenvalue weighted by atomic mass is 16.7. The van der Waals surface area contributed by atoms with E-state index in [1.165, 1.54) is 31.5 Å². The molecular weight excluding hydrogens is 240 g/mol. The molecule has 2 aliphatic heterocycles. The average Bonchev–Trinajstić information content (AvgIpc) is 2.87. The van der Waals surface area contributed by atoms with Gasteiger partial charge in [-0.05, 0) is 56.0 Å². The molecule has 3 rings (SSSR count). The van der Waals surface area contributed by atoms with Crippen molar-refractivity contribution >= 4 is 0 Å². The number of hydrogen-bond acceptors (Lipinski definition) is 4. The van der Waals surface area contributed by atoms with Crippen LogP contribution in [0.4, 0.5) is 0 Å². The average molecular weight is 262 g/mol. The summed E-state index contributed by atoms with van der Waals surface area (Å²) in [5.41, 5.74) is 6.97. The van der Waals surface area contributed by atoms with Crippen LogP contribution in [-0.4, -0.2) is 31.3 Å². The number of ether oxygens (including phenoxy) is 2. The van der Waals surface area contributed by atoms with Gasteiger partial charge in [0.1, 0.15) is 0 Å². The normalized spacial score (nSPS) is 22.7. The van der Waals surface area contributed by atoms with Crippen molar-refractivity contribution in [1.82, 2.24) is 4.90 Å². The first-order valence-electron chi connectivity index (χ1n) is 7.16. The van der Waals surface area contributed by atoms with E-state index >= 15 is 0 Å². The minimum absolute atomic E-state index is 0.348. The summed E-state index contributed by atoms with van der Waals surface area (Å²) in [4.78, 5) is 2.53. The molecule has 2 heterocycles. The van der Waals surface area contributed by atoms with Crippen LogP contribution in [0.3, 0.4) is 0 Å². The maximum Gasteiger partial charge on any atom is 0.231 e. The predicted molar refractivity (Wildman–Crippen MR) is 74.2 cm³/mol. The van der Waals surface area contributed by atoms with E-state index in [1.807, 2.05) is 6.07 Å². The SMILES string of the molecule is NCCC1CCCN(Cc2ccc3c(c2)OCO3)C1. The Kier molecular flexibility index (Phi) is 3.89. The fraction of sp³-hybridized carbons (Fsp3) is 0.600. The van der Waals surface area contributed by atoms with Crippen LogP contribution in [-0.2, 0) is 6.54 Å². The quantitative estimate of drug-likeness (QED) is 0.901. The third kappa shape index (κ3) is 3.01. The minimum atomic E-state index is 0.348. The number of likely N-dealkylation sites (tertiary alicyclic amines) is 1. The molecule has 0 aromatic heterocycles. The number of piperidine rings is 1. The van der Waals surface area contributed by atoms with E-state index in [1.54, 1.807) is 0 Å². The molecule has 1 unspecified atom stereocenters. The van der Waals surface area contributed by atoms with E-state index in [0.717, 1.165) is 36.9 Å². The smallest absolute Gasteiger partial charge is 0.231 e. The summed E-state index contributed by atoms with van der Waals surface area (Å²) in [6.45, 7) is 4.52. The Morgan fingerprint density at radius 1 is 1.26 bits per heavy atom. The van der Waals surface area contributed by atoms with Gasteiger partial charge in [-0.25, -0.2) is 0 Å². The molecule has 0 radical (unpaired) electrons. The topological polar surface area (TPSA) is 47.7 Å². The highest BCUT2D eigenvalue weighted by Crippen LogP contribution is 2.33. The van der Waals surface area contributed by atoms with Gasteiger partial charge < -0.3 is 15.2 Å². The number of rotatable bonds is 4. The lowest BCUT2D eigenvalue weighted by atomic mass is 9.94. The number of nitrogens with zero attached hydrogens (tertiary/aromatic N) is 1. The summed E-state index contributed by atoms with van der Waals surface area (Å²) in [5.74, 6) is 2.52. The second-order valence-corrected chi connectivity index (χ2v) is 5.51. The standard InChI is InChI=1S/C15H22N2O2/c16-6-5-12-2-1-7-17(9-12)10-13-3-4-14-15(8-13)19-11-18-14/h3-4,8,12H,1-2,5-7,9-11,16H2. The molecule has 104 valence electrons. The van der Waals surface area contributed by atoms with Crippen molar-refractivity contribution in [3.63, 3.8) is 0 Å². The van der Waals surface area contributed by atoms with Crippen molar-refractivity contribution in [1.29, 1.82) is 0 Å². The second-order valence-electron chi connectivity index (χ2n) is 5.51. The first kappa shape index (κ1) is 12.8. The zero-order valence-electron chi connectivity index (χ0n) is 11.3. The Balaban J connectivity index is 1.61. The molecule has 4 heteroatoms. The maximum atomic E-state index is 5.67. The molecule has 1 aromatic rings. The van der Waals surface area contributed by atoms with E-state index in [4.69, 9.17) is 15.2 Å². The molecule has 0 bridgehead atoms. The minimum Gasteiger partial charge on any atom is -0.454 e. The monoisotopic (exact) mass is 262 g/mol. The van der Waals surface area contributed by atoms with Crippen LogP contribution in [0.1, 0.15) is 24.8 Å². The predicted octanol–water partition coefficient (Wildman–Crippen LogP) is 1.98. The Bertz CT molecular complexity index is 434. The number of fused-ring (bicyclic) bond motifs is 1. The van der Waals surface area contributed by atoms with Gasteiger partial charge in [-0.3, -0.25) is 4.90 Å². The van der Waals surface area contributed by atoms with Crippen LogP contribution in [0.25, 0.3) is 0 Å². The molecule has 2 N–H and O–H groups in total. The van der Waals surface area contributed by atoms with Gasteiger partial charge in [-0.2, -0.15) is 0 Å². The Hall–Kier alpha value is -1.26. The summed E-state index contributed by atoms with van der Waals surface area (Å²) in [6.07, 6.45) is 3.77. The second kappa shape index (κ2) is 5.80. The molecule has 1 saturated heterocycles. The Labute approximate surface area is 114 Å². The molecule has 19 heavy (non-hydrogen) atoms. The van der Waals surface area contributed by atoms with E-state index in [0.29, 0.717) is 6.79 Å². The third-order valence-electron chi connectivity index (χ3n) is 4.02. The fourth-order valence-corrected chi connectivity index (χ4v) is 3.06. The molecule has 0 spiro atoms. The lowest BCUT2D eigenvalue weighted by molar-refractivity contribution is 0.162. The van der Waals surface area contributed by atoms with E-state index in [2.05, 4.69) is 17.0 Å². The van der Waals surface area contributed by atoms with Gasteiger partial charge in [0.15, 0.2) is 11.5 Å². The van der Waals surface area contributed by atoms with Gasteiger partial charge in [0.05, 0.1) is 0 Å². The van der Waals surface area contributed by atoms with Gasteiger partial charge in [0, 0.05) is 13.1 Å². The summed E-state index contributed by atoms with van der Waals surface area (Å²) in [6, 6.07) is 6.26. The van der Waals surface area contributed by atoms with Crippen LogP contribution in [0.15, 0.2) is 18.2 Å². The lowest BCUT2D eigenvalue weighted by Gasteiger charge is -2.32. The molecular formula is C15H22N2O2. The fourth-order valence-electron chi connectivity index (χ4n) is 3.06. The molecule has 1 aromatic carbocycles. The third-order valence-corrected chi connectivity index (χ3v) is 4.02. The highest BCUT2D eigenvalue weighted by Gasteiger charge is 2.20.